The van der Waals surface area contributed by atoms with E-state index < -0.39 is 5.91 Å². The van der Waals surface area contributed by atoms with Crippen LogP contribution in [0.1, 0.15) is 21.7 Å². The van der Waals surface area contributed by atoms with Crippen LogP contribution in [0, 0.1) is 3.77 Å². The number of hydrazone groups is 1. The van der Waals surface area contributed by atoms with E-state index in [1.54, 1.807) is 42.5 Å². The number of carbonyl (C=O) groups excluding carboxylic acids is 2. The van der Waals surface area contributed by atoms with Crippen LogP contribution in [0.2, 0.25) is 0 Å². The quantitative estimate of drug-likeness (QED) is 0.241. The smallest absolute Gasteiger partial charge is 0.287 e. The van der Waals surface area contributed by atoms with Crippen molar-refractivity contribution in [2.45, 2.75) is 0 Å². The molecule has 0 atom stereocenters. The molecule has 2 amide bonds. The SMILES string of the molecule is O=C(N/N=C/c1ccc(I)o1)/C(=C/c1ccccc1)NC(=O)c1ccccc1. The lowest BCUT2D eigenvalue weighted by Crippen LogP contribution is -2.32. The van der Waals surface area contributed by atoms with Crippen molar-refractivity contribution in [1.29, 1.82) is 0 Å². The minimum absolute atomic E-state index is 0.0752. The van der Waals surface area contributed by atoms with Crippen LogP contribution in [0.4, 0.5) is 0 Å². The zero-order valence-corrected chi connectivity index (χ0v) is 16.8. The average Bonchev–Trinajstić information content (AvgIpc) is 3.14. The van der Waals surface area contributed by atoms with Gasteiger partial charge in [0.15, 0.2) is 3.77 Å². The van der Waals surface area contributed by atoms with E-state index in [-0.39, 0.29) is 11.6 Å². The molecule has 3 aromatic rings. The van der Waals surface area contributed by atoms with E-state index in [0.29, 0.717) is 15.1 Å². The van der Waals surface area contributed by atoms with Crippen LogP contribution < -0.4 is 10.7 Å². The maximum Gasteiger partial charge on any atom is 0.287 e. The largest absolute Gasteiger partial charge is 0.449 e. The van der Waals surface area contributed by atoms with Crippen LogP contribution in [0.5, 0.6) is 0 Å². The molecule has 0 radical (unpaired) electrons. The normalized spacial score (nSPS) is 11.4. The van der Waals surface area contributed by atoms with Crippen LogP contribution in [0.15, 0.2) is 88.0 Å². The predicted molar refractivity (Wildman–Crippen MR) is 115 cm³/mol. The zero-order chi connectivity index (χ0) is 19.8. The summed E-state index contributed by atoms with van der Waals surface area (Å²) in [5.41, 5.74) is 3.69. The summed E-state index contributed by atoms with van der Waals surface area (Å²) < 4.78 is 6.06. The maximum absolute atomic E-state index is 12.6. The molecule has 1 heterocycles. The monoisotopic (exact) mass is 485 g/mol. The lowest BCUT2D eigenvalue weighted by molar-refractivity contribution is -0.117. The molecule has 140 valence electrons. The lowest BCUT2D eigenvalue weighted by atomic mass is 10.1. The van der Waals surface area contributed by atoms with Gasteiger partial charge in [0.25, 0.3) is 11.8 Å². The van der Waals surface area contributed by atoms with Gasteiger partial charge in [-0.15, -0.1) is 0 Å². The standard InChI is InChI=1S/C21H16IN3O3/c22-19-12-11-17(28-19)14-23-25-21(27)18(13-15-7-3-1-4-8-15)24-20(26)16-9-5-2-6-10-16/h1-14H,(H,24,26)(H,25,27)/b18-13-,23-14+. The summed E-state index contributed by atoms with van der Waals surface area (Å²) in [4.78, 5) is 25.0. The number of hydrogen-bond donors (Lipinski definition) is 2. The summed E-state index contributed by atoms with van der Waals surface area (Å²) >= 11 is 2.04. The van der Waals surface area contributed by atoms with Gasteiger partial charge in [0.05, 0.1) is 6.21 Å². The van der Waals surface area contributed by atoms with Crippen molar-refractivity contribution >= 4 is 46.7 Å². The molecule has 0 bridgehead atoms. The van der Waals surface area contributed by atoms with E-state index in [1.165, 1.54) is 6.21 Å². The molecule has 0 unspecified atom stereocenters. The number of nitrogens with one attached hydrogen (secondary N) is 2. The van der Waals surface area contributed by atoms with Gasteiger partial charge in [-0.3, -0.25) is 9.59 Å². The Morgan fingerprint density at radius 1 is 0.929 bits per heavy atom. The molecule has 0 aliphatic rings. The Labute approximate surface area is 175 Å². The molecule has 0 fully saturated rings. The van der Waals surface area contributed by atoms with Gasteiger partial charge in [0.1, 0.15) is 11.5 Å². The molecular weight excluding hydrogens is 469 g/mol. The van der Waals surface area contributed by atoms with Crippen LogP contribution in [-0.2, 0) is 4.79 Å². The molecule has 0 aliphatic carbocycles. The Balaban J connectivity index is 1.77. The number of furan rings is 1. The lowest BCUT2D eigenvalue weighted by Gasteiger charge is -2.09. The summed E-state index contributed by atoms with van der Waals surface area (Å²) in [7, 11) is 0. The van der Waals surface area contributed by atoms with Crippen molar-refractivity contribution in [2.75, 3.05) is 0 Å². The van der Waals surface area contributed by atoms with E-state index >= 15 is 0 Å². The first-order chi connectivity index (χ1) is 13.6. The Morgan fingerprint density at radius 3 is 2.25 bits per heavy atom. The van der Waals surface area contributed by atoms with Crippen LogP contribution in [0.25, 0.3) is 6.08 Å². The number of hydrogen-bond acceptors (Lipinski definition) is 4. The molecule has 2 N–H and O–H groups in total. The fourth-order valence-electron chi connectivity index (χ4n) is 2.27. The third-order valence-electron chi connectivity index (χ3n) is 3.59. The van der Waals surface area contributed by atoms with E-state index in [9.17, 15) is 9.59 Å². The summed E-state index contributed by atoms with van der Waals surface area (Å²) in [5.74, 6) is -0.431. The van der Waals surface area contributed by atoms with Crippen molar-refractivity contribution in [3.63, 3.8) is 0 Å². The number of rotatable bonds is 6. The van der Waals surface area contributed by atoms with Crippen molar-refractivity contribution in [1.82, 2.24) is 10.7 Å². The van der Waals surface area contributed by atoms with Gasteiger partial charge in [-0.25, -0.2) is 5.43 Å². The molecule has 1 aromatic heterocycles. The summed E-state index contributed by atoms with van der Waals surface area (Å²) in [6.45, 7) is 0. The average molecular weight is 485 g/mol. The van der Waals surface area contributed by atoms with Gasteiger partial charge in [0.2, 0.25) is 0 Å². The summed E-state index contributed by atoms with van der Waals surface area (Å²) in [5, 5.41) is 6.53. The molecule has 28 heavy (non-hydrogen) atoms. The van der Waals surface area contributed by atoms with Gasteiger partial charge >= 0.3 is 0 Å². The highest BCUT2D eigenvalue weighted by Crippen LogP contribution is 2.09. The second-order valence-electron chi connectivity index (χ2n) is 5.63. The van der Waals surface area contributed by atoms with Crippen LogP contribution in [-0.4, -0.2) is 18.0 Å². The van der Waals surface area contributed by atoms with Gasteiger partial charge in [-0.1, -0.05) is 48.5 Å². The second-order valence-corrected chi connectivity index (χ2v) is 6.69. The highest BCUT2D eigenvalue weighted by molar-refractivity contribution is 14.1. The molecular formula is C21H16IN3O3. The first-order valence-corrected chi connectivity index (χ1v) is 9.41. The molecule has 0 aliphatic heterocycles. The Hall–Kier alpha value is -3.20. The zero-order valence-electron chi connectivity index (χ0n) is 14.6. The second kappa shape index (κ2) is 9.65. The molecule has 0 saturated carbocycles. The topological polar surface area (TPSA) is 83.7 Å². The summed E-state index contributed by atoms with van der Waals surface area (Å²) in [6.07, 6.45) is 2.97. The first kappa shape index (κ1) is 19.6. The maximum atomic E-state index is 12.6. The van der Waals surface area contributed by atoms with Crippen molar-refractivity contribution in [2.24, 2.45) is 5.10 Å². The fourth-order valence-corrected chi connectivity index (χ4v) is 2.70. The minimum Gasteiger partial charge on any atom is -0.449 e. The molecule has 0 saturated heterocycles. The van der Waals surface area contributed by atoms with E-state index in [4.69, 9.17) is 4.42 Å². The number of amides is 2. The molecule has 2 aromatic carbocycles. The molecule has 7 heteroatoms. The number of halogens is 1. The fraction of sp³-hybridized carbons (Fsp3) is 0. The Bertz CT molecular complexity index is 1010. The van der Waals surface area contributed by atoms with E-state index in [0.717, 1.165) is 5.56 Å². The van der Waals surface area contributed by atoms with E-state index in [1.807, 2.05) is 59.0 Å². The number of benzene rings is 2. The highest BCUT2D eigenvalue weighted by atomic mass is 127. The summed E-state index contributed by atoms with van der Waals surface area (Å²) in [6, 6.07) is 21.4. The van der Waals surface area contributed by atoms with Crippen LogP contribution in [0.3, 0.4) is 0 Å². The van der Waals surface area contributed by atoms with Crippen LogP contribution >= 0.6 is 22.6 Å². The van der Waals surface area contributed by atoms with Gasteiger partial charge in [-0.2, -0.15) is 5.10 Å². The highest BCUT2D eigenvalue weighted by Gasteiger charge is 2.14. The van der Waals surface area contributed by atoms with Gasteiger partial charge < -0.3 is 9.73 Å². The number of carbonyl (C=O) groups is 2. The van der Waals surface area contributed by atoms with Crippen molar-refractivity contribution in [3.8, 4) is 0 Å². The van der Waals surface area contributed by atoms with Gasteiger partial charge in [0, 0.05) is 5.56 Å². The third kappa shape index (κ3) is 5.65. The molecule has 0 spiro atoms. The first-order valence-electron chi connectivity index (χ1n) is 8.34. The Kier molecular flexibility index (Phi) is 6.74. The van der Waals surface area contributed by atoms with E-state index in [2.05, 4.69) is 15.8 Å². The van der Waals surface area contributed by atoms with Crippen molar-refractivity contribution in [3.05, 3.63) is 99.1 Å². The number of nitrogens with zero attached hydrogens (tertiary/aromatic N) is 1. The minimum atomic E-state index is -0.550. The molecule has 3 rings (SSSR count). The van der Waals surface area contributed by atoms with Crippen molar-refractivity contribution < 1.29 is 14.0 Å². The third-order valence-corrected chi connectivity index (χ3v) is 4.17. The predicted octanol–water partition coefficient (Wildman–Crippen LogP) is 3.81. The van der Waals surface area contributed by atoms with Gasteiger partial charge in [-0.05, 0) is 58.5 Å². The molecule has 6 nitrogen and oxygen atoms in total. The Morgan fingerprint density at radius 2 is 1.61 bits per heavy atom.